The molecule has 1 N–H and O–H groups in total. The highest BCUT2D eigenvalue weighted by Gasteiger charge is 2.04. The number of rotatable bonds is 5. The second kappa shape index (κ2) is 5.37. The molecule has 2 heteroatoms. The van der Waals surface area contributed by atoms with Gasteiger partial charge in [-0.15, -0.1) is 0 Å². The minimum atomic E-state index is 1.05. The van der Waals surface area contributed by atoms with Crippen molar-refractivity contribution in [1.82, 2.24) is 9.88 Å². The summed E-state index contributed by atoms with van der Waals surface area (Å²) in [4.78, 5) is 0. The molecule has 1 aromatic heterocycles. The molecule has 0 saturated carbocycles. The Labute approximate surface area is 104 Å². The van der Waals surface area contributed by atoms with Crippen LogP contribution in [0, 0.1) is 6.92 Å². The summed E-state index contributed by atoms with van der Waals surface area (Å²) in [6.45, 7) is 6.53. The number of hydrogen-bond acceptors (Lipinski definition) is 1. The van der Waals surface area contributed by atoms with Crippen LogP contribution in [0.3, 0.4) is 0 Å². The van der Waals surface area contributed by atoms with Gasteiger partial charge >= 0.3 is 0 Å². The number of fused-ring (bicyclic) bond motifs is 1. The summed E-state index contributed by atoms with van der Waals surface area (Å²) in [5.41, 5.74) is 4.17. The predicted molar refractivity (Wildman–Crippen MR) is 74.6 cm³/mol. The van der Waals surface area contributed by atoms with Crippen LogP contribution >= 0.6 is 0 Å². The molecule has 1 heterocycles. The van der Waals surface area contributed by atoms with Crippen molar-refractivity contribution in [2.24, 2.45) is 0 Å². The summed E-state index contributed by atoms with van der Waals surface area (Å²) in [6, 6.07) is 9.16. The van der Waals surface area contributed by atoms with Gasteiger partial charge in [0.1, 0.15) is 0 Å². The van der Waals surface area contributed by atoms with Gasteiger partial charge in [0.25, 0.3) is 0 Å². The van der Waals surface area contributed by atoms with Gasteiger partial charge in [0.2, 0.25) is 0 Å². The molecule has 0 amide bonds. The Morgan fingerprint density at radius 1 is 1.24 bits per heavy atom. The van der Waals surface area contributed by atoms with E-state index >= 15 is 0 Å². The fourth-order valence-electron chi connectivity index (χ4n) is 2.50. The van der Waals surface area contributed by atoms with Crippen LogP contribution in [0.25, 0.3) is 10.9 Å². The second-order valence-corrected chi connectivity index (χ2v) is 4.63. The van der Waals surface area contributed by atoms with Crippen LogP contribution in [0.15, 0.2) is 24.3 Å². The molecule has 0 unspecified atom stereocenters. The third kappa shape index (κ3) is 2.52. The third-order valence-corrected chi connectivity index (χ3v) is 3.38. The van der Waals surface area contributed by atoms with Crippen LogP contribution in [-0.2, 0) is 13.0 Å². The molecule has 17 heavy (non-hydrogen) atoms. The van der Waals surface area contributed by atoms with Gasteiger partial charge in [0, 0.05) is 23.1 Å². The number of aromatic nitrogens is 1. The van der Waals surface area contributed by atoms with E-state index < -0.39 is 0 Å². The molecule has 0 aliphatic heterocycles. The first-order valence-corrected chi connectivity index (χ1v) is 6.49. The van der Waals surface area contributed by atoms with Gasteiger partial charge in [0.15, 0.2) is 0 Å². The first-order chi connectivity index (χ1) is 8.26. The summed E-state index contributed by atoms with van der Waals surface area (Å²) < 4.78 is 2.37. The van der Waals surface area contributed by atoms with Crippen molar-refractivity contribution in [2.75, 3.05) is 13.6 Å². The molecule has 2 nitrogen and oxygen atoms in total. The Morgan fingerprint density at radius 3 is 2.76 bits per heavy atom. The zero-order valence-electron chi connectivity index (χ0n) is 11.1. The van der Waals surface area contributed by atoms with E-state index in [1.54, 1.807) is 0 Å². The van der Waals surface area contributed by atoms with E-state index in [4.69, 9.17) is 0 Å². The van der Waals surface area contributed by atoms with Crippen LogP contribution in [-0.4, -0.2) is 18.2 Å². The zero-order valence-corrected chi connectivity index (χ0v) is 11.1. The Hall–Kier alpha value is -1.28. The minimum absolute atomic E-state index is 1.05. The number of aryl methyl sites for hydroxylation is 3. The van der Waals surface area contributed by atoms with Crippen molar-refractivity contribution in [3.63, 3.8) is 0 Å². The lowest BCUT2D eigenvalue weighted by atomic mass is 10.1. The Kier molecular flexibility index (Phi) is 3.85. The maximum Gasteiger partial charge on any atom is 0.0482 e. The first kappa shape index (κ1) is 12.2. The Morgan fingerprint density at radius 2 is 2.06 bits per heavy atom. The third-order valence-electron chi connectivity index (χ3n) is 3.38. The highest BCUT2D eigenvalue weighted by molar-refractivity contribution is 5.82. The molecular formula is C15H22N2. The standard InChI is InChI=1S/C15H22N2/c1-4-17-12(2)10-14-11-13(6-5-9-16-3)7-8-15(14)17/h7-8,10-11,16H,4-6,9H2,1-3H3. The summed E-state index contributed by atoms with van der Waals surface area (Å²) in [5.74, 6) is 0. The lowest BCUT2D eigenvalue weighted by Gasteiger charge is -2.05. The van der Waals surface area contributed by atoms with Crippen LogP contribution in [0.2, 0.25) is 0 Å². The number of hydrogen-bond donors (Lipinski definition) is 1. The van der Waals surface area contributed by atoms with Crippen molar-refractivity contribution in [2.45, 2.75) is 33.2 Å². The molecule has 2 aromatic rings. The maximum absolute atomic E-state index is 3.19. The number of benzene rings is 1. The molecule has 2 rings (SSSR count). The highest BCUT2D eigenvalue weighted by atomic mass is 15.0. The topological polar surface area (TPSA) is 17.0 Å². The zero-order chi connectivity index (χ0) is 12.3. The van der Waals surface area contributed by atoms with Crippen LogP contribution in [0.5, 0.6) is 0 Å². The number of nitrogens with zero attached hydrogens (tertiary/aromatic N) is 1. The average molecular weight is 230 g/mol. The molecule has 0 bridgehead atoms. The maximum atomic E-state index is 3.19. The van der Waals surface area contributed by atoms with Gasteiger partial charge in [-0.3, -0.25) is 0 Å². The molecule has 1 aromatic carbocycles. The monoisotopic (exact) mass is 230 g/mol. The quantitative estimate of drug-likeness (QED) is 0.781. The molecule has 0 radical (unpaired) electrons. The van der Waals surface area contributed by atoms with E-state index in [0.717, 1.165) is 19.5 Å². The normalized spacial score (nSPS) is 11.2. The molecule has 0 aliphatic rings. The summed E-state index contributed by atoms with van der Waals surface area (Å²) in [7, 11) is 2.01. The minimum Gasteiger partial charge on any atom is -0.345 e. The van der Waals surface area contributed by atoms with Gasteiger partial charge in [-0.25, -0.2) is 0 Å². The lowest BCUT2D eigenvalue weighted by Crippen LogP contribution is -2.08. The first-order valence-electron chi connectivity index (χ1n) is 6.49. The average Bonchev–Trinajstić information content (AvgIpc) is 2.64. The largest absolute Gasteiger partial charge is 0.345 e. The van der Waals surface area contributed by atoms with Gasteiger partial charge in [0.05, 0.1) is 0 Å². The molecular weight excluding hydrogens is 208 g/mol. The van der Waals surface area contributed by atoms with Crippen LogP contribution in [0.4, 0.5) is 0 Å². The van der Waals surface area contributed by atoms with E-state index in [-0.39, 0.29) is 0 Å². The van der Waals surface area contributed by atoms with Gasteiger partial charge in [-0.1, -0.05) is 6.07 Å². The van der Waals surface area contributed by atoms with E-state index in [9.17, 15) is 0 Å². The Balaban J connectivity index is 2.25. The molecule has 92 valence electrons. The highest BCUT2D eigenvalue weighted by Crippen LogP contribution is 2.21. The fraction of sp³-hybridized carbons (Fsp3) is 0.467. The van der Waals surface area contributed by atoms with E-state index in [1.807, 2.05) is 7.05 Å². The fourth-order valence-corrected chi connectivity index (χ4v) is 2.50. The van der Waals surface area contributed by atoms with Gasteiger partial charge in [-0.2, -0.15) is 0 Å². The predicted octanol–water partition coefficient (Wildman–Crippen LogP) is 3.12. The van der Waals surface area contributed by atoms with E-state index in [2.05, 4.69) is 48.0 Å². The van der Waals surface area contributed by atoms with Crippen LogP contribution in [0.1, 0.15) is 24.6 Å². The smallest absolute Gasteiger partial charge is 0.0482 e. The molecule has 0 fully saturated rings. The summed E-state index contributed by atoms with van der Waals surface area (Å²) >= 11 is 0. The number of nitrogens with one attached hydrogen (secondary N) is 1. The van der Waals surface area contributed by atoms with E-state index in [0.29, 0.717) is 0 Å². The van der Waals surface area contributed by atoms with Crippen molar-refractivity contribution in [3.05, 3.63) is 35.5 Å². The van der Waals surface area contributed by atoms with E-state index in [1.165, 1.54) is 28.6 Å². The van der Waals surface area contributed by atoms with Gasteiger partial charge in [-0.05, 0) is 64.0 Å². The molecule has 0 aliphatic carbocycles. The molecule has 0 atom stereocenters. The summed E-state index contributed by atoms with van der Waals surface area (Å²) in [5, 5.41) is 4.57. The van der Waals surface area contributed by atoms with Crippen molar-refractivity contribution in [1.29, 1.82) is 0 Å². The lowest BCUT2D eigenvalue weighted by molar-refractivity contribution is 0.725. The van der Waals surface area contributed by atoms with Gasteiger partial charge < -0.3 is 9.88 Å². The molecule has 0 spiro atoms. The second-order valence-electron chi connectivity index (χ2n) is 4.63. The molecule has 0 saturated heterocycles. The van der Waals surface area contributed by atoms with Crippen molar-refractivity contribution >= 4 is 10.9 Å². The SMILES string of the molecule is CCn1c(C)cc2cc(CCCNC)ccc21. The summed E-state index contributed by atoms with van der Waals surface area (Å²) in [6.07, 6.45) is 2.36. The van der Waals surface area contributed by atoms with Crippen molar-refractivity contribution < 1.29 is 0 Å². The Bertz CT molecular complexity index is 497. The van der Waals surface area contributed by atoms with Crippen molar-refractivity contribution in [3.8, 4) is 0 Å². The van der Waals surface area contributed by atoms with Crippen LogP contribution < -0.4 is 5.32 Å².